The van der Waals surface area contributed by atoms with Crippen molar-refractivity contribution in [2.24, 2.45) is 0 Å². The molecule has 0 saturated carbocycles. The van der Waals surface area contributed by atoms with Crippen LogP contribution in [0.25, 0.3) is 11.0 Å². The van der Waals surface area contributed by atoms with Crippen molar-refractivity contribution >= 4 is 17.0 Å². The topological polar surface area (TPSA) is 66.0 Å². The molecule has 2 aromatic heterocycles. The third-order valence-corrected chi connectivity index (χ3v) is 1.67. The quantitative estimate of drug-likeness (QED) is 0.652. The molecular weight excluding hydrogens is 175 g/mol. The monoisotopic (exact) mass is 180 g/mol. The van der Waals surface area contributed by atoms with Crippen LogP contribution in [-0.2, 0) is 0 Å². The fraction of sp³-hybridized carbons (Fsp3) is 0. The van der Waals surface area contributed by atoms with E-state index in [1.807, 2.05) is 0 Å². The van der Waals surface area contributed by atoms with E-state index in [4.69, 9.17) is 5.11 Å². The van der Waals surface area contributed by atoms with Crippen molar-refractivity contribution in [2.45, 2.75) is 0 Å². The number of carbonyl (C=O) groups is 1. The molecule has 2 rings (SSSR count). The number of carboxylic acids is 1. The van der Waals surface area contributed by atoms with E-state index in [0.717, 1.165) is 0 Å². The first-order valence-corrected chi connectivity index (χ1v) is 3.55. The Hall–Kier alpha value is -1.91. The summed E-state index contributed by atoms with van der Waals surface area (Å²) in [6.07, 6.45) is 0. The lowest BCUT2D eigenvalue weighted by molar-refractivity contribution is 0.0691. The number of fused-ring (bicyclic) bond motifs is 1. The zero-order chi connectivity index (χ0) is 9.42. The van der Waals surface area contributed by atoms with Crippen molar-refractivity contribution in [3.63, 3.8) is 0 Å². The van der Waals surface area contributed by atoms with Gasteiger partial charge in [-0.15, -0.1) is 0 Å². The van der Waals surface area contributed by atoms with Crippen molar-refractivity contribution in [3.8, 4) is 0 Å². The van der Waals surface area contributed by atoms with Crippen LogP contribution in [0.15, 0.2) is 18.2 Å². The van der Waals surface area contributed by atoms with Gasteiger partial charge >= 0.3 is 5.97 Å². The van der Waals surface area contributed by atoms with E-state index < -0.39 is 11.9 Å². The first-order chi connectivity index (χ1) is 6.16. The van der Waals surface area contributed by atoms with Crippen molar-refractivity contribution in [3.05, 3.63) is 29.8 Å². The van der Waals surface area contributed by atoms with Gasteiger partial charge in [-0.25, -0.2) is 9.78 Å². The predicted octanol–water partition coefficient (Wildman–Crippen LogP) is 1.40. The zero-order valence-corrected chi connectivity index (χ0v) is 6.41. The lowest BCUT2D eigenvalue weighted by Gasteiger charge is -1.86. The van der Waals surface area contributed by atoms with E-state index >= 15 is 0 Å². The van der Waals surface area contributed by atoms with Gasteiger partial charge in [0.05, 0.1) is 11.0 Å². The molecule has 0 saturated heterocycles. The highest BCUT2D eigenvalue weighted by molar-refractivity contribution is 5.92. The predicted molar refractivity (Wildman–Crippen MR) is 43.0 cm³/mol. The second kappa shape index (κ2) is 2.55. The van der Waals surface area contributed by atoms with E-state index in [9.17, 15) is 9.18 Å². The molecule has 66 valence electrons. The molecule has 0 radical (unpaired) electrons. The lowest BCUT2D eigenvalue weighted by atomic mass is 10.4. The van der Waals surface area contributed by atoms with Crippen LogP contribution < -0.4 is 0 Å². The Labute approximate surface area is 72.0 Å². The molecule has 0 spiro atoms. The van der Waals surface area contributed by atoms with Crippen molar-refractivity contribution in [2.75, 3.05) is 0 Å². The Morgan fingerprint density at radius 3 is 3.00 bits per heavy atom. The Morgan fingerprint density at radius 2 is 2.31 bits per heavy atom. The highest BCUT2D eigenvalue weighted by Gasteiger charge is 2.08. The van der Waals surface area contributed by atoms with Crippen LogP contribution in [0.5, 0.6) is 0 Å². The number of rotatable bonds is 1. The summed E-state index contributed by atoms with van der Waals surface area (Å²) in [6, 6.07) is 3.91. The maximum Gasteiger partial charge on any atom is 0.352 e. The van der Waals surface area contributed by atoms with Crippen LogP contribution in [0.1, 0.15) is 10.5 Å². The average molecular weight is 180 g/mol. The molecule has 13 heavy (non-hydrogen) atoms. The summed E-state index contributed by atoms with van der Waals surface area (Å²) >= 11 is 0. The normalized spacial score (nSPS) is 10.5. The van der Waals surface area contributed by atoms with Crippen LogP contribution in [0.3, 0.4) is 0 Å². The molecule has 0 aromatic carbocycles. The fourth-order valence-electron chi connectivity index (χ4n) is 1.10. The summed E-state index contributed by atoms with van der Waals surface area (Å²) in [5.74, 6) is -1.71. The van der Waals surface area contributed by atoms with Gasteiger partial charge in [-0.2, -0.15) is 4.39 Å². The Bertz CT molecular complexity index is 478. The van der Waals surface area contributed by atoms with Crippen LogP contribution >= 0.6 is 0 Å². The van der Waals surface area contributed by atoms with Gasteiger partial charge in [0.25, 0.3) is 0 Å². The van der Waals surface area contributed by atoms with Crippen LogP contribution in [0.4, 0.5) is 4.39 Å². The van der Waals surface area contributed by atoms with Gasteiger partial charge in [0.1, 0.15) is 5.69 Å². The molecule has 0 aliphatic heterocycles. The molecule has 0 aliphatic rings. The summed E-state index contributed by atoms with van der Waals surface area (Å²) < 4.78 is 12.6. The van der Waals surface area contributed by atoms with Crippen LogP contribution in [0.2, 0.25) is 0 Å². The summed E-state index contributed by atoms with van der Waals surface area (Å²) in [5, 5.41) is 8.60. The first-order valence-electron chi connectivity index (χ1n) is 3.55. The van der Waals surface area contributed by atoms with E-state index in [1.54, 1.807) is 0 Å². The van der Waals surface area contributed by atoms with Gasteiger partial charge in [0.2, 0.25) is 5.95 Å². The molecule has 2 aromatic rings. The average Bonchev–Trinajstić information content (AvgIpc) is 2.46. The second-order valence-electron chi connectivity index (χ2n) is 2.55. The number of hydrogen-bond acceptors (Lipinski definition) is 2. The number of nitrogens with zero attached hydrogens (tertiary/aromatic N) is 1. The number of nitrogens with one attached hydrogen (secondary N) is 1. The minimum absolute atomic E-state index is 0.00750. The maximum absolute atomic E-state index is 12.6. The Kier molecular flexibility index (Phi) is 1.51. The van der Waals surface area contributed by atoms with Crippen LogP contribution in [0, 0.1) is 5.95 Å². The SMILES string of the molecule is O=C(O)c1cc2nc(F)ccc2[nH]1. The molecule has 4 nitrogen and oxygen atoms in total. The van der Waals surface area contributed by atoms with Crippen molar-refractivity contribution in [1.29, 1.82) is 0 Å². The third kappa shape index (κ3) is 1.24. The van der Waals surface area contributed by atoms with Crippen LogP contribution in [-0.4, -0.2) is 21.0 Å². The highest BCUT2D eigenvalue weighted by Crippen LogP contribution is 2.12. The molecule has 0 atom stereocenters. The van der Waals surface area contributed by atoms with E-state index in [0.29, 0.717) is 11.0 Å². The molecule has 0 aliphatic carbocycles. The first kappa shape index (κ1) is 7.72. The number of aromatic carboxylic acids is 1. The minimum Gasteiger partial charge on any atom is -0.477 e. The van der Waals surface area contributed by atoms with Crippen molar-refractivity contribution < 1.29 is 14.3 Å². The van der Waals surface area contributed by atoms with Gasteiger partial charge in [-0.1, -0.05) is 0 Å². The number of hydrogen-bond donors (Lipinski definition) is 2. The molecular formula is C8H5FN2O2. The molecule has 0 fully saturated rings. The molecule has 5 heteroatoms. The van der Waals surface area contributed by atoms with Crippen molar-refractivity contribution in [1.82, 2.24) is 9.97 Å². The maximum atomic E-state index is 12.6. The largest absolute Gasteiger partial charge is 0.477 e. The zero-order valence-electron chi connectivity index (χ0n) is 6.41. The van der Waals surface area contributed by atoms with E-state index in [-0.39, 0.29) is 5.69 Å². The summed E-state index contributed by atoms with van der Waals surface area (Å²) in [4.78, 5) is 16.6. The Morgan fingerprint density at radius 1 is 1.54 bits per heavy atom. The highest BCUT2D eigenvalue weighted by atomic mass is 19.1. The lowest BCUT2D eigenvalue weighted by Crippen LogP contribution is -1.94. The number of pyridine rings is 1. The number of aromatic nitrogens is 2. The van der Waals surface area contributed by atoms with E-state index in [2.05, 4.69) is 9.97 Å². The third-order valence-electron chi connectivity index (χ3n) is 1.67. The van der Waals surface area contributed by atoms with Gasteiger partial charge in [0, 0.05) is 0 Å². The van der Waals surface area contributed by atoms with Gasteiger partial charge in [0.15, 0.2) is 0 Å². The summed E-state index contributed by atoms with van der Waals surface area (Å²) in [5.41, 5.74) is 0.837. The van der Waals surface area contributed by atoms with E-state index in [1.165, 1.54) is 18.2 Å². The number of halogens is 1. The minimum atomic E-state index is -1.08. The standard InChI is InChI=1S/C8H5FN2O2/c9-7-2-1-4-5(11-7)3-6(10-4)8(12)13/h1-3,10H,(H,12,13). The second-order valence-corrected chi connectivity index (χ2v) is 2.55. The molecule has 0 amide bonds. The number of carboxylic acid groups (broad SMARTS) is 1. The van der Waals surface area contributed by atoms with Gasteiger partial charge < -0.3 is 10.1 Å². The smallest absolute Gasteiger partial charge is 0.352 e. The Balaban J connectivity index is 2.68. The summed E-state index contributed by atoms with van der Waals surface area (Å²) in [7, 11) is 0. The molecule has 0 bridgehead atoms. The van der Waals surface area contributed by atoms with Gasteiger partial charge in [-0.05, 0) is 18.2 Å². The molecule has 0 unspecified atom stereocenters. The number of aromatic amines is 1. The summed E-state index contributed by atoms with van der Waals surface area (Å²) in [6.45, 7) is 0. The fourth-order valence-corrected chi connectivity index (χ4v) is 1.10. The molecule has 2 N–H and O–H groups in total. The number of H-pyrrole nitrogens is 1. The van der Waals surface area contributed by atoms with Gasteiger partial charge in [-0.3, -0.25) is 0 Å². The molecule has 2 heterocycles.